The molecule has 10 heteroatoms. The van der Waals surface area contributed by atoms with Gasteiger partial charge in [0.15, 0.2) is 5.82 Å². The number of nitroso groups, excluding NO2 is 1. The fourth-order valence-electron chi connectivity index (χ4n) is 1.30. The van der Waals surface area contributed by atoms with Gasteiger partial charge in [0.2, 0.25) is 0 Å². The molecule has 0 saturated carbocycles. The molecule has 19 heavy (non-hydrogen) atoms. The van der Waals surface area contributed by atoms with E-state index in [0.29, 0.717) is 16.5 Å². The van der Waals surface area contributed by atoms with Crippen molar-refractivity contribution in [3.8, 4) is 0 Å². The van der Waals surface area contributed by atoms with Gasteiger partial charge in [0.05, 0.1) is 11.5 Å². The minimum absolute atomic E-state index is 0. The summed E-state index contributed by atoms with van der Waals surface area (Å²) in [6, 6.07) is -0.648. The average molecular weight is 309 g/mol. The van der Waals surface area contributed by atoms with E-state index >= 15 is 0 Å². The van der Waals surface area contributed by atoms with Gasteiger partial charge in [-0.25, -0.2) is 14.8 Å². The van der Waals surface area contributed by atoms with Crippen molar-refractivity contribution in [2.75, 3.05) is 30.1 Å². The number of hydrogen-bond acceptors (Lipinski definition) is 6. The van der Waals surface area contributed by atoms with Gasteiger partial charge in [0.1, 0.15) is 11.5 Å². The summed E-state index contributed by atoms with van der Waals surface area (Å²) in [7, 11) is 1.24. The predicted molar refractivity (Wildman–Crippen MR) is 75.4 cm³/mol. The maximum atomic E-state index is 11.9. The Balaban J connectivity index is 0.00000324. The molecule has 1 rings (SSSR count). The number of aromatic nitrogens is 2. The van der Waals surface area contributed by atoms with E-state index in [1.165, 1.54) is 18.1 Å². The fraction of sp³-hybridized carbons (Fsp3) is 0.444. The van der Waals surface area contributed by atoms with Crippen LogP contribution in [0.1, 0.15) is 5.82 Å². The first-order chi connectivity index (χ1) is 8.51. The van der Waals surface area contributed by atoms with Crippen LogP contribution in [-0.4, -0.2) is 40.5 Å². The van der Waals surface area contributed by atoms with Crippen molar-refractivity contribution in [1.29, 1.82) is 0 Å². The predicted octanol–water partition coefficient (Wildman–Crippen LogP) is 1.57. The molecule has 0 bridgehead atoms. The second kappa shape index (κ2) is 7.70. The Morgan fingerprint density at radius 2 is 2.21 bits per heavy atom. The molecule has 0 fully saturated rings. The van der Waals surface area contributed by atoms with E-state index in [1.54, 1.807) is 6.92 Å². The number of urea groups is 1. The van der Waals surface area contributed by atoms with Crippen molar-refractivity contribution in [3.05, 3.63) is 16.9 Å². The lowest BCUT2D eigenvalue weighted by molar-refractivity contribution is 0.217. The summed E-state index contributed by atoms with van der Waals surface area (Å²) < 4.78 is 0. The van der Waals surface area contributed by atoms with Gasteiger partial charge in [0, 0.05) is 19.5 Å². The van der Waals surface area contributed by atoms with Crippen LogP contribution in [0.2, 0.25) is 0 Å². The quantitative estimate of drug-likeness (QED) is 0.516. The lowest BCUT2D eigenvalue weighted by Crippen LogP contribution is -2.40. The lowest BCUT2D eigenvalue weighted by Gasteiger charge is -2.23. The van der Waals surface area contributed by atoms with Crippen LogP contribution in [-0.2, 0) is 0 Å². The minimum Gasteiger partial charge on any atom is -0.382 e. The van der Waals surface area contributed by atoms with Gasteiger partial charge in [-0.15, -0.1) is 28.9 Å². The zero-order chi connectivity index (χ0) is 13.7. The highest BCUT2D eigenvalue weighted by molar-refractivity contribution is 6.18. The van der Waals surface area contributed by atoms with Gasteiger partial charge in [-0.05, 0) is 6.92 Å². The van der Waals surface area contributed by atoms with E-state index in [0.717, 1.165) is 0 Å². The third kappa shape index (κ3) is 4.18. The van der Waals surface area contributed by atoms with E-state index in [-0.39, 0.29) is 30.6 Å². The zero-order valence-corrected chi connectivity index (χ0v) is 12.0. The normalized spacial score (nSPS) is 9.42. The van der Waals surface area contributed by atoms with Gasteiger partial charge in [0.25, 0.3) is 0 Å². The SMILES string of the molecule is Cc1ncc(N(CCCl)C(=O)N(C)N=O)c(N)n1.Cl. The van der Waals surface area contributed by atoms with Crippen molar-refractivity contribution in [2.24, 2.45) is 5.29 Å². The van der Waals surface area contributed by atoms with Crippen LogP contribution in [0.4, 0.5) is 16.3 Å². The highest BCUT2D eigenvalue weighted by atomic mass is 35.5. The largest absolute Gasteiger partial charge is 0.382 e. The molecule has 0 atom stereocenters. The summed E-state index contributed by atoms with van der Waals surface area (Å²) in [6.45, 7) is 1.84. The Hall–Kier alpha value is -1.67. The highest BCUT2D eigenvalue weighted by Gasteiger charge is 2.22. The van der Waals surface area contributed by atoms with Crippen molar-refractivity contribution in [1.82, 2.24) is 15.0 Å². The van der Waals surface area contributed by atoms with Crippen LogP contribution >= 0.6 is 24.0 Å². The zero-order valence-electron chi connectivity index (χ0n) is 10.4. The van der Waals surface area contributed by atoms with Crippen LogP contribution in [0.25, 0.3) is 0 Å². The number of amides is 2. The molecule has 1 aromatic rings. The number of hydrogen-bond donors (Lipinski definition) is 1. The first kappa shape index (κ1) is 17.3. The molecule has 0 aliphatic carbocycles. The maximum absolute atomic E-state index is 11.9. The molecule has 8 nitrogen and oxygen atoms in total. The van der Waals surface area contributed by atoms with E-state index < -0.39 is 6.03 Å². The van der Waals surface area contributed by atoms with E-state index in [2.05, 4.69) is 15.3 Å². The molecule has 0 unspecified atom stereocenters. The molecule has 0 radical (unpaired) electrons. The molecule has 0 aromatic carbocycles. The smallest absolute Gasteiger partial charge is 0.347 e. The van der Waals surface area contributed by atoms with Crippen molar-refractivity contribution < 1.29 is 4.79 Å². The van der Waals surface area contributed by atoms with Crippen LogP contribution in [0, 0.1) is 11.8 Å². The fourth-order valence-corrected chi connectivity index (χ4v) is 1.47. The summed E-state index contributed by atoms with van der Waals surface area (Å²) in [6.07, 6.45) is 1.40. The standard InChI is InChI=1S/C9H13ClN6O2.ClH/c1-6-12-5-7(8(11)13-6)16(4-3-10)9(17)15(2)14-18;/h5H,3-4H2,1-2H3,(H2,11,12,13);1H. The van der Waals surface area contributed by atoms with Gasteiger partial charge < -0.3 is 5.73 Å². The Kier molecular flexibility index (Phi) is 7.02. The number of halogens is 2. The van der Waals surface area contributed by atoms with Crippen LogP contribution < -0.4 is 10.6 Å². The van der Waals surface area contributed by atoms with E-state index in [4.69, 9.17) is 17.3 Å². The second-order valence-corrected chi connectivity index (χ2v) is 3.79. The third-order valence-electron chi connectivity index (χ3n) is 2.15. The lowest BCUT2D eigenvalue weighted by atomic mass is 10.4. The first-order valence-corrected chi connectivity index (χ1v) is 5.58. The van der Waals surface area contributed by atoms with Gasteiger partial charge in [-0.1, -0.05) is 0 Å². The number of nitrogens with two attached hydrogens (primary N) is 1. The Bertz CT molecular complexity index is 458. The molecule has 0 saturated heterocycles. The van der Waals surface area contributed by atoms with E-state index in [9.17, 15) is 9.70 Å². The van der Waals surface area contributed by atoms with Gasteiger partial charge in [-0.3, -0.25) is 4.90 Å². The van der Waals surface area contributed by atoms with Crippen LogP contribution in [0.5, 0.6) is 0 Å². The monoisotopic (exact) mass is 308 g/mol. The number of carbonyl (C=O) groups excluding carboxylic acids is 1. The number of rotatable bonds is 4. The molecular formula is C9H14Cl2N6O2. The number of alkyl halides is 1. The van der Waals surface area contributed by atoms with Crippen molar-refractivity contribution in [2.45, 2.75) is 6.92 Å². The molecule has 1 heterocycles. The Labute approximate surface area is 121 Å². The molecule has 0 aliphatic rings. The van der Waals surface area contributed by atoms with E-state index in [1.807, 2.05) is 0 Å². The summed E-state index contributed by atoms with van der Waals surface area (Å²) >= 11 is 5.62. The summed E-state index contributed by atoms with van der Waals surface area (Å²) in [5.41, 5.74) is 6.01. The number of nitrogens with zero attached hydrogens (tertiary/aromatic N) is 5. The minimum atomic E-state index is -0.648. The third-order valence-corrected chi connectivity index (χ3v) is 2.32. The molecule has 2 amide bonds. The Morgan fingerprint density at radius 1 is 1.58 bits per heavy atom. The Morgan fingerprint density at radius 3 is 2.68 bits per heavy atom. The molecule has 106 valence electrons. The number of aryl methyl sites for hydroxylation is 1. The summed E-state index contributed by atoms with van der Waals surface area (Å²) in [5.74, 6) is 0.794. The van der Waals surface area contributed by atoms with Gasteiger partial charge >= 0.3 is 6.03 Å². The molecule has 2 N–H and O–H groups in total. The molecular weight excluding hydrogens is 295 g/mol. The van der Waals surface area contributed by atoms with Crippen molar-refractivity contribution in [3.63, 3.8) is 0 Å². The van der Waals surface area contributed by atoms with Gasteiger partial charge in [-0.2, -0.15) is 5.01 Å². The number of anilines is 2. The van der Waals surface area contributed by atoms with Crippen LogP contribution in [0.3, 0.4) is 0 Å². The second-order valence-electron chi connectivity index (χ2n) is 3.42. The highest BCUT2D eigenvalue weighted by Crippen LogP contribution is 2.21. The van der Waals surface area contributed by atoms with Crippen LogP contribution in [0.15, 0.2) is 11.5 Å². The molecule has 0 spiro atoms. The average Bonchev–Trinajstić information content (AvgIpc) is 2.35. The van der Waals surface area contributed by atoms with Crippen molar-refractivity contribution >= 4 is 41.5 Å². The first-order valence-electron chi connectivity index (χ1n) is 5.04. The number of nitrogen functional groups attached to an aromatic ring is 1. The topological polar surface area (TPSA) is 105 Å². The maximum Gasteiger partial charge on any atom is 0.347 e. The summed E-state index contributed by atoms with van der Waals surface area (Å²) in [4.78, 5) is 31.3. The molecule has 1 aromatic heterocycles. The molecule has 0 aliphatic heterocycles. The summed E-state index contributed by atoms with van der Waals surface area (Å²) in [5, 5.41) is 3.18. The number of carbonyl (C=O) groups is 1.